The van der Waals surface area contributed by atoms with Gasteiger partial charge >= 0.3 is 0 Å². The lowest BCUT2D eigenvalue weighted by molar-refractivity contribution is 0.102. The highest BCUT2D eigenvalue weighted by molar-refractivity contribution is 7.89. The second-order valence-electron chi connectivity index (χ2n) is 8.13. The average Bonchev–Trinajstić information content (AvgIpc) is 2.85. The molecule has 0 unspecified atom stereocenters. The van der Waals surface area contributed by atoms with Crippen molar-refractivity contribution in [2.24, 2.45) is 0 Å². The molecular weight excluding hydrogens is 444 g/mol. The quantitative estimate of drug-likeness (QED) is 0.356. The topological polar surface area (TPSA) is 75.3 Å². The van der Waals surface area contributed by atoms with Crippen molar-refractivity contribution in [3.63, 3.8) is 0 Å². The lowest BCUT2D eigenvalue weighted by Crippen LogP contribution is -2.34. The van der Waals surface area contributed by atoms with Gasteiger partial charge < -0.3 is 5.32 Å². The lowest BCUT2D eigenvalue weighted by Gasteiger charge is -2.15. The first-order valence-electron chi connectivity index (χ1n) is 11.0. The number of para-hydroxylation sites is 1. The molecule has 4 aromatic carbocycles. The molecule has 4 aromatic rings. The van der Waals surface area contributed by atoms with Gasteiger partial charge in [-0.3, -0.25) is 4.79 Å². The predicted octanol–water partition coefficient (Wildman–Crippen LogP) is 5.52. The Hall–Kier alpha value is -3.74. The van der Waals surface area contributed by atoms with Crippen LogP contribution in [0.15, 0.2) is 114 Å². The van der Waals surface area contributed by atoms with Crippen molar-refractivity contribution < 1.29 is 13.2 Å². The Morgan fingerprint density at radius 1 is 0.735 bits per heavy atom. The minimum absolute atomic E-state index is 0.185. The van der Waals surface area contributed by atoms with Crippen molar-refractivity contribution in [1.82, 2.24) is 4.72 Å². The van der Waals surface area contributed by atoms with E-state index in [0.717, 1.165) is 22.4 Å². The number of benzene rings is 4. The van der Waals surface area contributed by atoms with Crippen molar-refractivity contribution >= 4 is 21.6 Å². The van der Waals surface area contributed by atoms with Gasteiger partial charge in [0.1, 0.15) is 0 Å². The van der Waals surface area contributed by atoms with Crippen LogP contribution in [-0.2, 0) is 16.4 Å². The highest BCUT2D eigenvalue weighted by Crippen LogP contribution is 2.22. The maximum absolute atomic E-state index is 12.8. The molecular formula is C28H26N2O3S. The summed E-state index contributed by atoms with van der Waals surface area (Å²) in [5.74, 6) is -0.185. The maximum Gasteiger partial charge on any atom is 0.255 e. The molecule has 6 heteroatoms. The summed E-state index contributed by atoms with van der Waals surface area (Å²) in [6.45, 7) is 1.86. The standard InChI is InChI=1S/C28H26N2O3S/c1-21(20-22-8-4-2-5-9-22)30-34(32,33)27-18-16-24(17-19-27)23-12-14-25(15-13-23)28(31)29-26-10-6-3-7-11-26/h2-19,21,30H,20H2,1H3,(H,29,31)/t21-/m0/s1. The Labute approximate surface area is 200 Å². The van der Waals surface area contributed by atoms with Gasteiger partial charge in [0, 0.05) is 17.3 Å². The van der Waals surface area contributed by atoms with Crippen LogP contribution in [0, 0.1) is 0 Å². The highest BCUT2D eigenvalue weighted by Gasteiger charge is 2.17. The first-order valence-corrected chi connectivity index (χ1v) is 12.5. The zero-order chi connectivity index (χ0) is 24.0. The van der Waals surface area contributed by atoms with Gasteiger partial charge in [-0.1, -0.05) is 72.8 Å². The Morgan fingerprint density at radius 3 is 1.85 bits per heavy atom. The first-order chi connectivity index (χ1) is 16.4. The Balaban J connectivity index is 1.41. The number of hydrogen-bond acceptors (Lipinski definition) is 3. The van der Waals surface area contributed by atoms with E-state index in [-0.39, 0.29) is 16.8 Å². The van der Waals surface area contributed by atoms with E-state index in [2.05, 4.69) is 10.0 Å². The predicted molar refractivity (Wildman–Crippen MR) is 136 cm³/mol. The third-order valence-electron chi connectivity index (χ3n) is 5.42. The summed E-state index contributed by atoms with van der Waals surface area (Å²) >= 11 is 0. The monoisotopic (exact) mass is 470 g/mol. The van der Waals surface area contributed by atoms with Gasteiger partial charge in [-0.25, -0.2) is 13.1 Å². The number of sulfonamides is 1. The summed E-state index contributed by atoms with van der Waals surface area (Å²) < 4.78 is 28.3. The summed E-state index contributed by atoms with van der Waals surface area (Å²) in [7, 11) is -3.63. The number of amides is 1. The molecule has 0 fully saturated rings. The van der Waals surface area contributed by atoms with Crippen LogP contribution in [0.4, 0.5) is 5.69 Å². The first kappa shape index (κ1) is 23.4. The number of nitrogens with one attached hydrogen (secondary N) is 2. The fourth-order valence-corrected chi connectivity index (χ4v) is 4.95. The zero-order valence-corrected chi connectivity index (χ0v) is 19.6. The number of carbonyl (C=O) groups excluding carboxylic acids is 1. The molecule has 1 atom stereocenters. The van der Waals surface area contributed by atoms with Gasteiger partial charge in [-0.05, 0) is 66.4 Å². The smallest absolute Gasteiger partial charge is 0.255 e. The molecule has 4 rings (SSSR count). The van der Waals surface area contributed by atoms with E-state index in [1.165, 1.54) is 0 Å². The molecule has 1 amide bonds. The van der Waals surface area contributed by atoms with E-state index in [1.807, 2.05) is 79.7 Å². The number of rotatable bonds is 8. The van der Waals surface area contributed by atoms with Gasteiger partial charge in [-0.15, -0.1) is 0 Å². The van der Waals surface area contributed by atoms with E-state index in [9.17, 15) is 13.2 Å². The molecule has 0 saturated heterocycles. The van der Waals surface area contributed by atoms with Gasteiger partial charge in [0.15, 0.2) is 0 Å². The minimum Gasteiger partial charge on any atom is -0.322 e. The van der Waals surface area contributed by atoms with Crippen LogP contribution in [0.25, 0.3) is 11.1 Å². The fourth-order valence-electron chi connectivity index (χ4n) is 3.71. The summed E-state index contributed by atoms with van der Waals surface area (Å²) in [6.07, 6.45) is 0.613. The van der Waals surface area contributed by atoms with Gasteiger partial charge in [-0.2, -0.15) is 0 Å². The lowest BCUT2D eigenvalue weighted by atomic mass is 10.0. The summed E-state index contributed by atoms with van der Waals surface area (Å²) in [5.41, 5.74) is 4.12. The SMILES string of the molecule is C[C@@H](Cc1ccccc1)NS(=O)(=O)c1ccc(-c2ccc(C(=O)Nc3ccccc3)cc2)cc1. The molecule has 0 spiro atoms. The summed E-state index contributed by atoms with van der Waals surface area (Å²) in [5, 5.41) is 2.86. The average molecular weight is 471 g/mol. The van der Waals surface area contributed by atoms with Crippen LogP contribution in [0.2, 0.25) is 0 Å². The van der Waals surface area contributed by atoms with E-state index in [4.69, 9.17) is 0 Å². The third-order valence-corrected chi connectivity index (χ3v) is 7.02. The fraction of sp³-hybridized carbons (Fsp3) is 0.107. The Bertz CT molecular complexity index is 1340. The van der Waals surface area contributed by atoms with E-state index in [0.29, 0.717) is 12.0 Å². The van der Waals surface area contributed by atoms with Crippen molar-refractivity contribution in [1.29, 1.82) is 0 Å². The molecule has 0 saturated carbocycles. The van der Waals surface area contributed by atoms with Gasteiger partial charge in [0.05, 0.1) is 4.90 Å². The molecule has 5 nitrogen and oxygen atoms in total. The van der Waals surface area contributed by atoms with E-state index < -0.39 is 10.0 Å². The van der Waals surface area contributed by atoms with Crippen molar-refractivity contribution in [3.05, 3.63) is 120 Å². The van der Waals surface area contributed by atoms with Crippen LogP contribution in [0.5, 0.6) is 0 Å². The Morgan fingerprint density at radius 2 is 1.26 bits per heavy atom. The molecule has 34 heavy (non-hydrogen) atoms. The molecule has 2 N–H and O–H groups in total. The summed E-state index contributed by atoms with van der Waals surface area (Å²) in [6, 6.07) is 32.8. The van der Waals surface area contributed by atoms with Gasteiger partial charge in [0.25, 0.3) is 5.91 Å². The summed E-state index contributed by atoms with van der Waals surface area (Å²) in [4.78, 5) is 12.7. The van der Waals surface area contributed by atoms with Crippen LogP contribution in [-0.4, -0.2) is 20.4 Å². The molecule has 0 heterocycles. The zero-order valence-electron chi connectivity index (χ0n) is 18.8. The van der Waals surface area contributed by atoms with Crippen LogP contribution in [0.1, 0.15) is 22.8 Å². The second-order valence-corrected chi connectivity index (χ2v) is 9.85. The van der Waals surface area contributed by atoms with E-state index >= 15 is 0 Å². The van der Waals surface area contributed by atoms with E-state index in [1.54, 1.807) is 36.4 Å². The molecule has 0 radical (unpaired) electrons. The second kappa shape index (κ2) is 10.5. The van der Waals surface area contributed by atoms with Crippen LogP contribution in [0.3, 0.4) is 0 Å². The molecule has 0 bridgehead atoms. The number of anilines is 1. The number of carbonyl (C=O) groups is 1. The molecule has 0 aliphatic carbocycles. The Kier molecular flexibility index (Phi) is 7.21. The van der Waals surface area contributed by atoms with Crippen molar-refractivity contribution in [2.45, 2.75) is 24.3 Å². The molecule has 172 valence electrons. The largest absolute Gasteiger partial charge is 0.322 e. The molecule has 0 aliphatic rings. The third kappa shape index (κ3) is 5.98. The highest BCUT2D eigenvalue weighted by atomic mass is 32.2. The van der Waals surface area contributed by atoms with Gasteiger partial charge in [0.2, 0.25) is 10.0 Å². The minimum atomic E-state index is -3.63. The van der Waals surface area contributed by atoms with Crippen molar-refractivity contribution in [3.8, 4) is 11.1 Å². The van der Waals surface area contributed by atoms with Crippen LogP contribution >= 0.6 is 0 Å². The number of hydrogen-bond donors (Lipinski definition) is 2. The molecule has 0 aromatic heterocycles. The van der Waals surface area contributed by atoms with Crippen molar-refractivity contribution in [2.75, 3.05) is 5.32 Å². The van der Waals surface area contributed by atoms with Crippen LogP contribution < -0.4 is 10.0 Å². The molecule has 0 aliphatic heterocycles. The normalized spacial score (nSPS) is 12.1. The maximum atomic E-state index is 12.8.